The van der Waals surface area contributed by atoms with Gasteiger partial charge in [-0.2, -0.15) is 0 Å². The normalized spacial score (nSPS) is 75.3. The Bertz CT molecular complexity index is 173. The molecule has 0 aliphatic heterocycles. The first-order valence-electron chi connectivity index (χ1n) is 4.23. The molecule has 0 amide bonds. The van der Waals surface area contributed by atoms with E-state index in [4.69, 9.17) is 0 Å². The van der Waals surface area contributed by atoms with Crippen molar-refractivity contribution in [1.82, 2.24) is 0 Å². The van der Waals surface area contributed by atoms with Crippen LogP contribution in [-0.2, 0) is 0 Å². The highest BCUT2D eigenvalue weighted by molar-refractivity contribution is 5.26. The summed E-state index contributed by atoms with van der Waals surface area (Å²) in [4.78, 5) is 0. The highest BCUT2D eigenvalue weighted by Gasteiger charge is 2.78. The molecule has 3 fully saturated rings. The Hall–Kier alpha value is 0. The summed E-state index contributed by atoms with van der Waals surface area (Å²) in [5.41, 5.74) is 0.898. The van der Waals surface area contributed by atoms with Crippen LogP contribution in [0.2, 0.25) is 0 Å². The van der Waals surface area contributed by atoms with Crippen LogP contribution in [0.15, 0.2) is 0 Å². The fraction of sp³-hybridized carbons (Fsp3) is 1.00. The van der Waals surface area contributed by atoms with Gasteiger partial charge in [-0.1, -0.05) is 13.8 Å². The zero-order chi connectivity index (χ0) is 6.22. The number of hydrogen-bond acceptors (Lipinski definition) is 0. The van der Waals surface area contributed by atoms with Gasteiger partial charge in [-0.15, -0.1) is 0 Å². The second-order valence-corrected chi connectivity index (χ2v) is 4.72. The summed E-state index contributed by atoms with van der Waals surface area (Å²) in [7, 11) is 0. The van der Waals surface area contributed by atoms with E-state index < -0.39 is 0 Å². The van der Waals surface area contributed by atoms with Crippen molar-refractivity contribution in [3.05, 3.63) is 0 Å². The number of fused-ring (bicyclic) bond motifs is 1. The molecule has 3 aliphatic carbocycles. The molecule has 0 aromatic rings. The van der Waals surface area contributed by atoms with Crippen molar-refractivity contribution in [1.29, 1.82) is 0 Å². The summed E-state index contributed by atoms with van der Waals surface area (Å²) in [5.74, 6) is 4.67. The van der Waals surface area contributed by atoms with Gasteiger partial charge < -0.3 is 0 Å². The molecule has 0 saturated heterocycles. The second-order valence-electron chi connectivity index (χ2n) is 4.72. The van der Waals surface area contributed by atoms with Crippen molar-refractivity contribution in [3.8, 4) is 0 Å². The summed E-state index contributed by atoms with van der Waals surface area (Å²) in [6.45, 7) is 4.89. The predicted octanol–water partition coefficient (Wildman–Crippen LogP) is 2.30. The van der Waals surface area contributed by atoms with E-state index in [-0.39, 0.29) is 0 Å². The quantitative estimate of drug-likeness (QED) is 0.500. The van der Waals surface area contributed by atoms with Crippen LogP contribution in [0.25, 0.3) is 0 Å². The standard InChI is InChI=1S/C9H14/c1-5-3-6(5)8-7-4-9(7,8)2/h5-8H,3-4H2,1-2H3. The molecule has 5 unspecified atom stereocenters. The van der Waals surface area contributed by atoms with Gasteiger partial charge in [0, 0.05) is 0 Å². The SMILES string of the molecule is CC1CC1C1C2CC21C. The highest BCUT2D eigenvalue weighted by atomic mass is 14.8. The van der Waals surface area contributed by atoms with Gasteiger partial charge in [0.15, 0.2) is 0 Å². The van der Waals surface area contributed by atoms with E-state index in [9.17, 15) is 0 Å². The van der Waals surface area contributed by atoms with Gasteiger partial charge in [-0.05, 0) is 41.9 Å². The Morgan fingerprint density at radius 3 is 2.11 bits per heavy atom. The zero-order valence-electron chi connectivity index (χ0n) is 6.22. The van der Waals surface area contributed by atoms with Gasteiger partial charge in [-0.3, -0.25) is 0 Å². The van der Waals surface area contributed by atoms with Crippen molar-refractivity contribution in [2.24, 2.45) is 29.1 Å². The maximum Gasteiger partial charge on any atom is -0.0258 e. The molecule has 0 radical (unpaired) electrons. The van der Waals surface area contributed by atoms with Gasteiger partial charge in [0.05, 0.1) is 0 Å². The Balaban J connectivity index is 1.74. The molecule has 0 bridgehead atoms. The molecule has 5 atom stereocenters. The summed E-state index contributed by atoms with van der Waals surface area (Å²) < 4.78 is 0. The van der Waals surface area contributed by atoms with E-state index in [1.54, 1.807) is 12.8 Å². The van der Waals surface area contributed by atoms with Crippen LogP contribution in [-0.4, -0.2) is 0 Å². The van der Waals surface area contributed by atoms with Crippen molar-refractivity contribution in [2.75, 3.05) is 0 Å². The third-order valence-electron chi connectivity index (χ3n) is 4.07. The maximum absolute atomic E-state index is 2.48. The summed E-state index contributed by atoms with van der Waals surface area (Å²) in [6, 6.07) is 0. The molecule has 50 valence electrons. The molecule has 0 heteroatoms. The van der Waals surface area contributed by atoms with Crippen molar-refractivity contribution in [3.63, 3.8) is 0 Å². The van der Waals surface area contributed by atoms with Crippen LogP contribution in [0.3, 0.4) is 0 Å². The first-order valence-corrected chi connectivity index (χ1v) is 4.23. The molecule has 0 aromatic carbocycles. The van der Waals surface area contributed by atoms with E-state index >= 15 is 0 Å². The number of hydrogen-bond donors (Lipinski definition) is 0. The predicted molar refractivity (Wildman–Crippen MR) is 37.0 cm³/mol. The number of rotatable bonds is 1. The summed E-state index contributed by atoms with van der Waals surface area (Å²) in [6.07, 6.45) is 3.12. The lowest BCUT2D eigenvalue weighted by Gasteiger charge is -2.03. The van der Waals surface area contributed by atoms with Crippen molar-refractivity contribution in [2.45, 2.75) is 26.7 Å². The molecule has 3 saturated carbocycles. The third kappa shape index (κ3) is 0.395. The molecule has 3 aliphatic rings. The fourth-order valence-electron chi connectivity index (χ4n) is 2.86. The third-order valence-corrected chi connectivity index (χ3v) is 4.07. The maximum atomic E-state index is 2.48. The molecule has 0 heterocycles. The van der Waals surface area contributed by atoms with Crippen LogP contribution in [0.1, 0.15) is 26.7 Å². The van der Waals surface area contributed by atoms with Crippen LogP contribution < -0.4 is 0 Å². The lowest BCUT2D eigenvalue weighted by Crippen LogP contribution is -1.97. The molecule has 0 nitrogen and oxygen atoms in total. The molecular weight excluding hydrogens is 108 g/mol. The van der Waals surface area contributed by atoms with Crippen LogP contribution >= 0.6 is 0 Å². The van der Waals surface area contributed by atoms with E-state index in [2.05, 4.69) is 13.8 Å². The van der Waals surface area contributed by atoms with Gasteiger partial charge in [0.25, 0.3) is 0 Å². The first kappa shape index (κ1) is 4.76. The minimum Gasteiger partial charge on any atom is -0.0622 e. The molecule has 3 rings (SSSR count). The molecule has 0 aromatic heterocycles. The monoisotopic (exact) mass is 122 g/mol. The average molecular weight is 122 g/mol. The average Bonchev–Trinajstić information content (AvgIpc) is 2.55. The summed E-state index contributed by atoms with van der Waals surface area (Å²) in [5, 5.41) is 0. The van der Waals surface area contributed by atoms with E-state index in [0.717, 1.165) is 11.3 Å². The minimum atomic E-state index is 0.898. The van der Waals surface area contributed by atoms with Crippen LogP contribution in [0, 0.1) is 29.1 Å². The lowest BCUT2D eigenvalue weighted by molar-refractivity contribution is 0.447. The van der Waals surface area contributed by atoms with E-state index in [1.807, 2.05) is 0 Å². The van der Waals surface area contributed by atoms with Crippen LogP contribution in [0.4, 0.5) is 0 Å². The van der Waals surface area contributed by atoms with Crippen molar-refractivity contribution < 1.29 is 0 Å². The van der Waals surface area contributed by atoms with Gasteiger partial charge >= 0.3 is 0 Å². The first-order chi connectivity index (χ1) is 4.23. The van der Waals surface area contributed by atoms with Gasteiger partial charge in [0.1, 0.15) is 0 Å². The molecule has 0 N–H and O–H groups in total. The Morgan fingerprint density at radius 2 is 2.00 bits per heavy atom. The lowest BCUT2D eigenvalue weighted by atomic mass is 10.0. The largest absolute Gasteiger partial charge is 0.0622 e. The Kier molecular flexibility index (Phi) is 0.518. The Labute approximate surface area is 56.6 Å². The van der Waals surface area contributed by atoms with E-state index in [1.165, 1.54) is 17.8 Å². The fourth-order valence-corrected chi connectivity index (χ4v) is 2.86. The van der Waals surface area contributed by atoms with Gasteiger partial charge in [0.2, 0.25) is 0 Å². The van der Waals surface area contributed by atoms with Crippen LogP contribution in [0.5, 0.6) is 0 Å². The second kappa shape index (κ2) is 0.980. The highest BCUT2D eigenvalue weighted by Crippen LogP contribution is 2.85. The van der Waals surface area contributed by atoms with Crippen molar-refractivity contribution >= 4 is 0 Å². The smallest absolute Gasteiger partial charge is 0.0258 e. The molecule has 0 spiro atoms. The molecular formula is C9H14. The Morgan fingerprint density at radius 1 is 1.44 bits per heavy atom. The topological polar surface area (TPSA) is 0 Å². The molecule has 9 heavy (non-hydrogen) atoms. The van der Waals surface area contributed by atoms with E-state index in [0.29, 0.717) is 0 Å². The summed E-state index contributed by atoms with van der Waals surface area (Å²) >= 11 is 0. The van der Waals surface area contributed by atoms with Gasteiger partial charge in [-0.25, -0.2) is 0 Å². The minimum absolute atomic E-state index is 0.898. The zero-order valence-corrected chi connectivity index (χ0v) is 6.22.